The molecule has 21 heavy (non-hydrogen) atoms. The van der Waals surface area contributed by atoms with Crippen molar-refractivity contribution < 1.29 is 9.53 Å². The normalized spacial score (nSPS) is 10.7. The molecule has 0 aliphatic rings. The molecule has 5 heteroatoms. The Bertz CT molecular complexity index is 677. The van der Waals surface area contributed by atoms with Crippen LogP contribution in [0.2, 0.25) is 0 Å². The summed E-state index contributed by atoms with van der Waals surface area (Å²) in [7, 11) is 0. The molecule has 1 aromatic heterocycles. The van der Waals surface area contributed by atoms with Crippen LogP contribution in [0.5, 0.6) is 5.75 Å². The molecule has 0 bridgehead atoms. The molecule has 2 rings (SSSR count). The van der Waals surface area contributed by atoms with E-state index in [9.17, 15) is 4.79 Å². The molecule has 0 unspecified atom stereocenters. The molecule has 112 valence electrons. The first-order chi connectivity index (χ1) is 9.93. The largest absolute Gasteiger partial charge is 0.494 e. The topological polar surface area (TPSA) is 44.1 Å². The average Bonchev–Trinajstić information content (AvgIpc) is 2.68. The van der Waals surface area contributed by atoms with Gasteiger partial charge in [0.1, 0.15) is 5.75 Å². The molecule has 0 aliphatic heterocycles. The van der Waals surface area contributed by atoms with Crippen LogP contribution in [0, 0.1) is 13.8 Å². The Morgan fingerprint density at radius 1 is 1.38 bits per heavy atom. The number of ether oxygens (including phenoxy) is 1. The summed E-state index contributed by atoms with van der Waals surface area (Å²) in [5, 5.41) is 4.51. The minimum atomic E-state index is 0.0499. The van der Waals surface area contributed by atoms with Crippen LogP contribution in [0.3, 0.4) is 0 Å². The molecule has 0 saturated heterocycles. The number of nitrogens with zero attached hydrogens (tertiary/aromatic N) is 2. The van der Waals surface area contributed by atoms with E-state index in [1.807, 2.05) is 37.6 Å². The van der Waals surface area contributed by atoms with Gasteiger partial charge in [0.05, 0.1) is 29.0 Å². The average molecular weight is 351 g/mol. The summed E-state index contributed by atoms with van der Waals surface area (Å²) in [6.45, 7) is 8.66. The lowest BCUT2D eigenvalue weighted by Crippen LogP contribution is -2.08. The maximum Gasteiger partial charge on any atom is 0.159 e. The molecule has 1 heterocycles. The fourth-order valence-corrected chi connectivity index (χ4v) is 2.49. The molecular formula is C16H19BrN2O2. The quantitative estimate of drug-likeness (QED) is 0.767. The van der Waals surface area contributed by atoms with Gasteiger partial charge >= 0.3 is 0 Å². The van der Waals surface area contributed by atoms with Crippen molar-refractivity contribution in [3.63, 3.8) is 0 Å². The van der Waals surface area contributed by atoms with Crippen LogP contribution < -0.4 is 4.74 Å². The van der Waals surface area contributed by atoms with Gasteiger partial charge < -0.3 is 4.74 Å². The summed E-state index contributed by atoms with van der Waals surface area (Å²) >= 11 is 3.53. The zero-order valence-electron chi connectivity index (χ0n) is 12.7. The fourth-order valence-electron chi connectivity index (χ4n) is 2.21. The molecule has 0 radical (unpaired) electrons. The van der Waals surface area contributed by atoms with Crippen LogP contribution in [0.1, 0.15) is 41.2 Å². The molecule has 1 aromatic carbocycles. The van der Waals surface area contributed by atoms with Crippen LogP contribution in [0.25, 0.3) is 0 Å². The Hall–Kier alpha value is -1.62. The number of rotatable bonds is 5. The van der Waals surface area contributed by atoms with Gasteiger partial charge in [-0.3, -0.25) is 9.48 Å². The molecule has 0 saturated carbocycles. The van der Waals surface area contributed by atoms with Gasteiger partial charge in [-0.25, -0.2) is 0 Å². The number of carbonyl (C=O) groups excluding carboxylic acids is 1. The van der Waals surface area contributed by atoms with Crippen molar-refractivity contribution in [3.05, 3.63) is 45.2 Å². The smallest absolute Gasteiger partial charge is 0.159 e. The molecule has 2 aromatic rings. The van der Waals surface area contributed by atoms with E-state index in [1.54, 1.807) is 13.0 Å². The first kappa shape index (κ1) is 15.8. The van der Waals surface area contributed by atoms with Crippen molar-refractivity contribution in [1.29, 1.82) is 0 Å². The summed E-state index contributed by atoms with van der Waals surface area (Å²) in [6, 6.07) is 5.54. The molecule has 0 aliphatic carbocycles. The summed E-state index contributed by atoms with van der Waals surface area (Å²) in [5.74, 6) is 0.847. The molecular weight excluding hydrogens is 332 g/mol. The van der Waals surface area contributed by atoms with Gasteiger partial charge in [-0.1, -0.05) is 0 Å². The minimum Gasteiger partial charge on any atom is -0.494 e. The van der Waals surface area contributed by atoms with Crippen LogP contribution in [0.15, 0.2) is 22.7 Å². The molecule has 0 N–H and O–H groups in total. The molecule has 0 fully saturated rings. The number of hydrogen-bond acceptors (Lipinski definition) is 3. The van der Waals surface area contributed by atoms with Crippen molar-refractivity contribution in [2.24, 2.45) is 0 Å². The van der Waals surface area contributed by atoms with Crippen molar-refractivity contribution in [2.45, 2.75) is 34.2 Å². The number of halogens is 1. The van der Waals surface area contributed by atoms with Gasteiger partial charge in [0.15, 0.2) is 5.78 Å². The second-order valence-electron chi connectivity index (χ2n) is 4.95. The lowest BCUT2D eigenvalue weighted by molar-refractivity contribution is 0.101. The number of carbonyl (C=O) groups is 1. The lowest BCUT2D eigenvalue weighted by atomic mass is 10.1. The van der Waals surface area contributed by atoms with Crippen LogP contribution in [0.4, 0.5) is 0 Å². The SMILES string of the molecule is CCOc1ccc(C(C)=O)cc1Cn1nc(C)c(Br)c1C. The fraction of sp³-hybridized carbons (Fsp3) is 0.375. The predicted molar refractivity (Wildman–Crippen MR) is 86.1 cm³/mol. The molecule has 4 nitrogen and oxygen atoms in total. The van der Waals surface area contributed by atoms with Gasteiger partial charge in [-0.05, 0) is 61.8 Å². The highest BCUT2D eigenvalue weighted by Crippen LogP contribution is 2.25. The van der Waals surface area contributed by atoms with Gasteiger partial charge in [-0.2, -0.15) is 5.10 Å². The number of benzene rings is 1. The summed E-state index contributed by atoms with van der Waals surface area (Å²) in [6.07, 6.45) is 0. The summed E-state index contributed by atoms with van der Waals surface area (Å²) < 4.78 is 8.59. The van der Waals surface area contributed by atoms with Crippen molar-refractivity contribution >= 4 is 21.7 Å². The number of aromatic nitrogens is 2. The van der Waals surface area contributed by atoms with E-state index in [-0.39, 0.29) is 5.78 Å². The van der Waals surface area contributed by atoms with Crippen LogP contribution in [-0.2, 0) is 6.54 Å². The number of hydrogen-bond donors (Lipinski definition) is 0. The second kappa shape index (κ2) is 6.43. The zero-order chi connectivity index (χ0) is 15.6. The Labute approximate surface area is 133 Å². The highest BCUT2D eigenvalue weighted by atomic mass is 79.9. The molecule has 0 amide bonds. The maximum absolute atomic E-state index is 11.6. The monoisotopic (exact) mass is 350 g/mol. The highest BCUT2D eigenvalue weighted by Gasteiger charge is 2.13. The minimum absolute atomic E-state index is 0.0499. The third-order valence-corrected chi connectivity index (χ3v) is 4.53. The highest BCUT2D eigenvalue weighted by molar-refractivity contribution is 9.10. The van der Waals surface area contributed by atoms with Crippen molar-refractivity contribution in [3.8, 4) is 5.75 Å². The van der Waals surface area contributed by atoms with E-state index in [0.717, 1.165) is 27.2 Å². The standard InChI is InChI=1S/C16H19BrN2O2/c1-5-21-15-7-6-13(12(4)20)8-14(15)9-19-11(3)16(17)10(2)18-19/h6-8H,5,9H2,1-4H3. The molecule has 0 atom stereocenters. The summed E-state index contributed by atoms with van der Waals surface area (Å²) in [4.78, 5) is 11.6. The number of aryl methyl sites for hydroxylation is 1. The van der Waals surface area contributed by atoms with E-state index in [2.05, 4.69) is 21.0 Å². The van der Waals surface area contributed by atoms with Crippen molar-refractivity contribution in [1.82, 2.24) is 9.78 Å². The van der Waals surface area contributed by atoms with Crippen LogP contribution >= 0.6 is 15.9 Å². The molecule has 0 spiro atoms. The van der Waals surface area contributed by atoms with Crippen LogP contribution in [-0.4, -0.2) is 22.2 Å². The Kier molecular flexibility index (Phi) is 4.83. The van der Waals surface area contributed by atoms with E-state index in [4.69, 9.17) is 4.74 Å². The third-order valence-electron chi connectivity index (χ3n) is 3.38. The predicted octanol–water partition coefficient (Wildman–Crippen LogP) is 3.91. The van der Waals surface area contributed by atoms with Gasteiger partial charge in [0.25, 0.3) is 0 Å². The number of Topliss-reactive ketones (excluding diaryl/α,β-unsaturated/α-hetero) is 1. The third kappa shape index (κ3) is 3.35. The maximum atomic E-state index is 11.6. The lowest BCUT2D eigenvalue weighted by Gasteiger charge is -2.12. The Morgan fingerprint density at radius 3 is 2.62 bits per heavy atom. The summed E-state index contributed by atoms with van der Waals surface area (Å²) in [5.41, 5.74) is 3.66. The van der Waals surface area contributed by atoms with E-state index in [1.165, 1.54) is 0 Å². The van der Waals surface area contributed by atoms with Crippen molar-refractivity contribution in [2.75, 3.05) is 6.61 Å². The van der Waals surface area contributed by atoms with Gasteiger partial charge in [-0.15, -0.1) is 0 Å². The van der Waals surface area contributed by atoms with Gasteiger partial charge in [0.2, 0.25) is 0 Å². The zero-order valence-corrected chi connectivity index (χ0v) is 14.3. The first-order valence-corrected chi connectivity index (χ1v) is 7.69. The Morgan fingerprint density at radius 2 is 2.10 bits per heavy atom. The van der Waals surface area contributed by atoms with E-state index < -0.39 is 0 Å². The first-order valence-electron chi connectivity index (χ1n) is 6.90. The second-order valence-corrected chi connectivity index (χ2v) is 5.75. The number of ketones is 1. The van der Waals surface area contributed by atoms with Gasteiger partial charge in [0, 0.05) is 11.1 Å². The van der Waals surface area contributed by atoms with E-state index in [0.29, 0.717) is 18.7 Å². The van der Waals surface area contributed by atoms with E-state index >= 15 is 0 Å². The Balaban J connectivity index is 2.42.